The first-order valence-electron chi connectivity index (χ1n) is 8.36. The Morgan fingerprint density at radius 3 is 2.69 bits per heavy atom. The summed E-state index contributed by atoms with van der Waals surface area (Å²) in [7, 11) is 0. The van der Waals surface area contributed by atoms with Gasteiger partial charge in [0.1, 0.15) is 5.76 Å². The molecule has 3 aromatic rings. The number of anilines is 1. The van der Waals surface area contributed by atoms with E-state index in [1.54, 1.807) is 25.4 Å². The van der Waals surface area contributed by atoms with Crippen LogP contribution in [0.15, 0.2) is 40.3 Å². The fourth-order valence-corrected chi connectivity index (χ4v) is 3.47. The zero-order valence-electron chi connectivity index (χ0n) is 14.8. The lowest BCUT2D eigenvalue weighted by Gasteiger charge is -2.14. The predicted octanol–water partition coefficient (Wildman–Crippen LogP) is 3.17. The van der Waals surface area contributed by atoms with Crippen molar-refractivity contribution in [1.29, 1.82) is 0 Å². The van der Waals surface area contributed by atoms with Gasteiger partial charge in [-0.3, -0.25) is 9.78 Å². The van der Waals surface area contributed by atoms with E-state index in [1.807, 2.05) is 30.5 Å². The average Bonchev–Trinajstić information content (AvgIpc) is 3.25. The number of carbonyl (C=O) groups is 1. The van der Waals surface area contributed by atoms with Crippen LogP contribution in [0.4, 0.5) is 5.82 Å². The number of carbonyl (C=O) groups excluding carboxylic acids is 1. The molecule has 1 atom stereocenters. The molecule has 0 saturated carbocycles. The minimum atomic E-state index is -0.313. The van der Waals surface area contributed by atoms with Crippen molar-refractivity contribution in [2.24, 2.45) is 0 Å². The van der Waals surface area contributed by atoms with Gasteiger partial charge in [-0.15, -0.1) is 10.2 Å². The molecule has 0 aromatic carbocycles. The van der Waals surface area contributed by atoms with Crippen LogP contribution in [0.1, 0.15) is 26.0 Å². The van der Waals surface area contributed by atoms with Gasteiger partial charge >= 0.3 is 0 Å². The number of hydrogen-bond acceptors (Lipinski definition) is 7. The first-order chi connectivity index (χ1) is 12.6. The summed E-state index contributed by atoms with van der Waals surface area (Å²) in [5, 5.41) is 15.6. The zero-order valence-corrected chi connectivity index (χ0v) is 15.7. The zero-order chi connectivity index (χ0) is 18.5. The number of thioether (sulfide) groups is 1. The van der Waals surface area contributed by atoms with E-state index in [0.717, 1.165) is 11.4 Å². The summed E-state index contributed by atoms with van der Waals surface area (Å²) in [5.74, 6) is 1.69. The smallest absolute Gasteiger partial charge is 0.239 e. The van der Waals surface area contributed by atoms with E-state index in [-0.39, 0.29) is 11.2 Å². The third-order valence-electron chi connectivity index (χ3n) is 3.76. The maximum Gasteiger partial charge on any atom is 0.239 e. The second-order valence-corrected chi connectivity index (χ2v) is 6.78. The first-order valence-corrected chi connectivity index (χ1v) is 9.24. The highest BCUT2D eigenvalue weighted by Crippen LogP contribution is 2.28. The van der Waals surface area contributed by atoms with Crippen molar-refractivity contribution in [1.82, 2.24) is 24.9 Å². The highest BCUT2D eigenvalue weighted by molar-refractivity contribution is 8.00. The Morgan fingerprint density at radius 2 is 2.08 bits per heavy atom. The molecule has 0 fully saturated rings. The molecule has 26 heavy (non-hydrogen) atoms. The van der Waals surface area contributed by atoms with Crippen LogP contribution in [0.25, 0.3) is 11.4 Å². The second-order valence-electron chi connectivity index (χ2n) is 5.61. The standard InChI is InChI=1S/C17H20N6O2S/c1-4-13(16(24)19-14-10-11(3)25-22-14)26-17-21-20-15(23(17)5-2)12-6-8-18-9-7-12/h6-10,13H,4-5H2,1-3H3,(H,19,22,24). The normalized spacial score (nSPS) is 12.1. The number of rotatable bonds is 7. The molecule has 1 unspecified atom stereocenters. The summed E-state index contributed by atoms with van der Waals surface area (Å²) in [5.41, 5.74) is 0.941. The first kappa shape index (κ1) is 18.1. The lowest BCUT2D eigenvalue weighted by Crippen LogP contribution is -2.25. The van der Waals surface area contributed by atoms with Crippen LogP contribution in [0, 0.1) is 6.92 Å². The van der Waals surface area contributed by atoms with Crippen LogP contribution in [-0.2, 0) is 11.3 Å². The van der Waals surface area contributed by atoms with Crippen molar-refractivity contribution in [2.75, 3.05) is 5.32 Å². The number of pyridine rings is 1. The fourth-order valence-electron chi connectivity index (χ4n) is 2.46. The number of aryl methyl sites for hydroxylation is 1. The molecule has 0 saturated heterocycles. The lowest BCUT2D eigenvalue weighted by molar-refractivity contribution is -0.115. The molecule has 1 N–H and O–H groups in total. The third kappa shape index (κ3) is 3.93. The number of nitrogens with one attached hydrogen (secondary N) is 1. The topological polar surface area (TPSA) is 98.7 Å². The molecule has 3 aromatic heterocycles. The lowest BCUT2D eigenvalue weighted by atomic mass is 10.2. The van der Waals surface area contributed by atoms with Crippen LogP contribution in [0.2, 0.25) is 0 Å². The second kappa shape index (κ2) is 8.13. The van der Waals surface area contributed by atoms with Gasteiger partial charge in [0.25, 0.3) is 0 Å². The quantitative estimate of drug-likeness (QED) is 0.636. The summed E-state index contributed by atoms with van der Waals surface area (Å²) >= 11 is 1.39. The fraction of sp³-hybridized carbons (Fsp3) is 0.353. The van der Waals surface area contributed by atoms with Crippen molar-refractivity contribution in [3.63, 3.8) is 0 Å². The molecular formula is C17H20N6O2S. The van der Waals surface area contributed by atoms with Crippen molar-refractivity contribution in [3.8, 4) is 11.4 Å². The molecule has 3 rings (SSSR count). The summed E-state index contributed by atoms with van der Waals surface area (Å²) in [6.07, 6.45) is 4.09. The number of nitrogens with zero attached hydrogens (tertiary/aromatic N) is 5. The highest BCUT2D eigenvalue weighted by Gasteiger charge is 2.23. The SMILES string of the molecule is CCC(Sc1nnc(-c2ccncc2)n1CC)C(=O)Nc1cc(C)on1. The average molecular weight is 372 g/mol. The van der Waals surface area contributed by atoms with E-state index < -0.39 is 0 Å². The number of aromatic nitrogens is 5. The van der Waals surface area contributed by atoms with Gasteiger partial charge < -0.3 is 14.4 Å². The Labute approximate surface area is 155 Å². The molecule has 0 bridgehead atoms. The Bertz CT molecular complexity index is 877. The van der Waals surface area contributed by atoms with E-state index in [0.29, 0.717) is 29.7 Å². The van der Waals surface area contributed by atoms with Gasteiger partial charge in [0.2, 0.25) is 5.91 Å². The molecule has 0 spiro atoms. The van der Waals surface area contributed by atoms with E-state index in [9.17, 15) is 4.79 Å². The van der Waals surface area contributed by atoms with Gasteiger partial charge in [-0.1, -0.05) is 23.8 Å². The Hall–Kier alpha value is -2.68. The molecule has 1 amide bonds. The van der Waals surface area contributed by atoms with Gasteiger partial charge in [0.05, 0.1) is 5.25 Å². The highest BCUT2D eigenvalue weighted by atomic mass is 32.2. The minimum absolute atomic E-state index is 0.137. The third-order valence-corrected chi connectivity index (χ3v) is 5.11. The Kier molecular flexibility index (Phi) is 5.67. The van der Waals surface area contributed by atoms with Crippen LogP contribution in [0.5, 0.6) is 0 Å². The summed E-state index contributed by atoms with van der Waals surface area (Å²) < 4.78 is 6.98. The predicted molar refractivity (Wildman–Crippen MR) is 98.7 cm³/mol. The van der Waals surface area contributed by atoms with E-state index in [4.69, 9.17) is 4.52 Å². The molecule has 0 aliphatic carbocycles. The molecular weight excluding hydrogens is 352 g/mol. The number of hydrogen-bond donors (Lipinski definition) is 1. The van der Waals surface area contributed by atoms with Crippen molar-refractivity contribution >= 4 is 23.5 Å². The van der Waals surface area contributed by atoms with Crippen LogP contribution < -0.4 is 5.32 Å². The van der Waals surface area contributed by atoms with Crippen LogP contribution >= 0.6 is 11.8 Å². The molecule has 9 heteroatoms. The largest absolute Gasteiger partial charge is 0.360 e. The van der Waals surface area contributed by atoms with E-state index >= 15 is 0 Å². The summed E-state index contributed by atoms with van der Waals surface area (Å²) in [4.78, 5) is 16.6. The van der Waals surface area contributed by atoms with Gasteiger partial charge in [-0.05, 0) is 32.4 Å². The van der Waals surface area contributed by atoms with Gasteiger partial charge in [-0.2, -0.15) is 0 Å². The van der Waals surface area contributed by atoms with Gasteiger partial charge in [0.15, 0.2) is 16.8 Å². The molecule has 8 nitrogen and oxygen atoms in total. The van der Waals surface area contributed by atoms with Gasteiger partial charge in [-0.25, -0.2) is 0 Å². The molecule has 0 aliphatic heterocycles. The summed E-state index contributed by atoms with van der Waals surface area (Å²) in [6, 6.07) is 5.47. The Balaban J connectivity index is 1.78. The minimum Gasteiger partial charge on any atom is -0.360 e. The molecule has 0 aliphatic rings. The van der Waals surface area contributed by atoms with Crippen LogP contribution in [-0.4, -0.2) is 36.1 Å². The maximum absolute atomic E-state index is 12.6. The van der Waals surface area contributed by atoms with Gasteiger partial charge in [0, 0.05) is 30.6 Å². The molecule has 3 heterocycles. The van der Waals surface area contributed by atoms with Crippen molar-refractivity contribution < 1.29 is 9.32 Å². The maximum atomic E-state index is 12.6. The van der Waals surface area contributed by atoms with Crippen molar-refractivity contribution in [2.45, 2.75) is 44.1 Å². The molecule has 136 valence electrons. The Morgan fingerprint density at radius 1 is 1.31 bits per heavy atom. The monoisotopic (exact) mass is 372 g/mol. The van der Waals surface area contributed by atoms with E-state index in [2.05, 4.69) is 25.7 Å². The van der Waals surface area contributed by atoms with E-state index in [1.165, 1.54) is 11.8 Å². The summed E-state index contributed by atoms with van der Waals surface area (Å²) in [6.45, 7) is 6.46. The van der Waals surface area contributed by atoms with Crippen LogP contribution in [0.3, 0.4) is 0 Å². The number of amides is 1. The molecule has 0 radical (unpaired) electrons. The van der Waals surface area contributed by atoms with Crippen molar-refractivity contribution in [3.05, 3.63) is 36.4 Å².